The van der Waals surface area contributed by atoms with E-state index in [9.17, 15) is 19.7 Å². The Hall–Kier alpha value is -3.95. The predicted octanol–water partition coefficient (Wildman–Crippen LogP) is 2.76. The molecular formula is C19H20N6O4. The molecule has 0 radical (unpaired) electrons. The molecule has 3 rings (SSSR count). The fraction of sp³-hybridized carbons (Fsp3) is 0.211. The van der Waals surface area contributed by atoms with Gasteiger partial charge in [0.2, 0.25) is 0 Å². The van der Waals surface area contributed by atoms with E-state index in [2.05, 4.69) is 26.1 Å². The van der Waals surface area contributed by atoms with Crippen LogP contribution in [0.15, 0.2) is 47.3 Å². The molecule has 0 aliphatic carbocycles. The number of nitro benzene ring substituents is 1. The highest BCUT2D eigenvalue weighted by atomic mass is 16.6. The Balaban J connectivity index is 1.49. The number of amides is 2. The fourth-order valence-corrected chi connectivity index (χ4v) is 2.81. The van der Waals surface area contributed by atoms with Crippen molar-refractivity contribution < 1.29 is 9.72 Å². The highest BCUT2D eigenvalue weighted by Gasteiger charge is 2.15. The van der Waals surface area contributed by atoms with Crippen LogP contribution in [0.2, 0.25) is 0 Å². The topological polar surface area (TPSA) is 142 Å². The lowest BCUT2D eigenvalue weighted by Crippen LogP contribution is -2.30. The van der Waals surface area contributed by atoms with E-state index in [1.54, 1.807) is 31.2 Å². The number of fused-ring (bicyclic) bond motifs is 1. The number of urea groups is 1. The summed E-state index contributed by atoms with van der Waals surface area (Å²) in [6.07, 6.45) is 0.582. The van der Waals surface area contributed by atoms with Crippen molar-refractivity contribution in [3.05, 3.63) is 68.5 Å². The average molecular weight is 396 g/mol. The lowest BCUT2D eigenvalue weighted by molar-refractivity contribution is -0.384. The van der Waals surface area contributed by atoms with Gasteiger partial charge in [0.25, 0.3) is 11.2 Å². The van der Waals surface area contributed by atoms with Crippen molar-refractivity contribution in [2.75, 3.05) is 23.7 Å². The maximum absolute atomic E-state index is 12.0. The van der Waals surface area contributed by atoms with Crippen LogP contribution < -0.4 is 21.5 Å². The number of benzene rings is 2. The minimum absolute atomic E-state index is 0.139. The third kappa shape index (κ3) is 4.86. The van der Waals surface area contributed by atoms with E-state index in [4.69, 9.17) is 0 Å². The first-order valence-corrected chi connectivity index (χ1v) is 8.97. The highest BCUT2D eigenvalue weighted by Crippen LogP contribution is 2.25. The maximum atomic E-state index is 12.0. The third-order valence-corrected chi connectivity index (χ3v) is 4.23. The monoisotopic (exact) mass is 396 g/mol. The summed E-state index contributed by atoms with van der Waals surface area (Å²) >= 11 is 0. The van der Waals surface area contributed by atoms with Crippen LogP contribution in [0.25, 0.3) is 10.8 Å². The first-order valence-electron chi connectivity index (χ1n) is 8.97. The molecule has 10 nitrogen and oxygen atoms in total. The highest BCUT2D eigenvalue weighted by molar-refractivity contribution is 5.92. The summed E-state index contributed by atoms with van der Waals surface area (Å²) < 4.78 is 0. The van der Waals surface area contributed by atoms with Crippen LogP contribution in [-0.4, -0.2) is 34.2 Å². The summed E-state index contributed by atoms with van der Waals surface area (Å²) in [5.41, 5.74) is 0.463. The van der Waals surface area contributed by atoms with Gasteiger partial charge in [-0.1, -0.05) is 24.3 Å². The Bertz CT molecular complexity index is 1110. The second kappa shape index (κ2) is 8.83. The summed E-state index contributed by atoms with van der Waals surface area (Å²) in [4.78, 5) is 34.3. The number of nitrogens with zero attached hydrogens (tertiary/aromatic N) is 2. The first kappa shape index (κ1) is 19.8. The van der Waals surface area contributed by atoms with Crippen LogP contribution in [0.4, 0.5) is 22.0 Å². The first-order chi connectivity index (χ1) is 14.0. The van der Waals surface area contributed by atoms with Crippen LogP contribution >= 0.6 is 0 Å². The molecule has 0 atom stereocenters. The minimum Gasteiger partial charge on any atom is -0.368 e. The molecule has 4 N–H and O–H groups in total. The Morgan fingerprint density at radius 2 is 1.93 bits per heavy atom. The Labute approximate surface area is 165 Å². The molecule has 1 heterocycles. The molecule has 0 saturated carbocycles. The molecule has 0 bridgehead atoms. The number of carbonyl (C=O) groups is 1. The van der Waals surface area contributed by atoms with Crippen molar-refractivity contribution in [3.8, 4) is 0 Å². The number of anilines is 2. The molecule has 1 aromatic heterocycles. The van der Waals surface area contributed by atoms with Gasteiger partial charge in [0, 0.05) is 24.5 Å². The molecule has 2 amide bonds. The normalized spacial score (nSPS) is 10.5. The molecule has 10 heteroatoms. The quantitative estimate of drug-likeness (QED) is 0.275. The van der Waals surface area contributed by atoms with E-state index in [0.717, 1.165) is 5.56 Å². The molecule has 0 unspecified atom stereocenters. The number of aromatic amines is 1. The fourth-order valence-electron chi connectivity index (χ4n) is 2.81. The summed E-state index contributed by atoms with van der Waals surface area (Å²) in [7, 11) is 0. The van der Waals surface area contributed by atoms with Gasteiger partial charge in [-0.3, -0.25) is 14.9 Å². The van der Waals surface area contributed by atoms with Gasteiger partial charge in [-0.05, 0) is 31.0 Å². The molecule has 0 spiro atoms. The summed E-state index contributed by atoms with van der Waals surface area (Å²) in [6.45, 7) is 2.60. The zero-order valence-electron chi connectivity index (χ0n) is 15.7. The van der Waals surface area contributed by atoms with Crippen LogP contribution in [0.3, 0.4) is 0 Å². The van der Waals surface area contributed by atoms with Crippen molar-refractivity contribution in [1.82, 2.24) is 15.5 Å². The van der Waals surface area contributed by atoms with Crippen molar-refractivity contribution >= 4 is 34.0 Å². The largest absolute Gasteiger partial charge is 0.368 e. The molecule has 0 aliphatic rings. The standard InChI is InChI=1S/C19H20N6O4/c1-12-7-8-15(16(11-12)25(28)29)22-19(27)21-10-4-9-20-17-13-5-2-3-6-14(13)18(26)24-23-17/h2-3,5-8,11H,4,9-10H2,1H3,(H,20,23)(H,24,26)(H2,21,22,27). The van der Waals surface area contributed by atoms with E-state index < -0.39 is 11.0 Å². The van der Waals surface area contributed by atoms with Crippen molar-refractivity contribution in [2.45, 2.75) is 13.3 Å². The molecule has 0 saturated heterocycles. The van der Waals surface area contributed by atoms with Crippen LogP contribution in [0.1, 0.15) is 12.0 Å². The molecule has 2 aromatic carbocycles. The SMILES string of the molecule is Cc1ccc(NC(=O)NCCCNc2n[nH]c(=O)c3ccccc23)c([N+](=O)[O-])c1. The van der Waals surface area contributed by atoms with Gasteiger partial charge in [-0.25, -0.2) is 9.89 Å². The Kier molecular flexibility index (Phi) is 6.03. The number of hydrogen-bond acceptors (Lipinski definition) is 6. The van der Waals surface area contributed by atoms with Gasteiger partial charge in [-0.15, -0.1) is 0 Å². The maximum Gasteiger partial charge on any atom is 0.319 e. The zero-order valence-corrected chi connectivity index (χ0v) is 15.7. The summed E-state index contributed by atoms with van der Waals surface area (Å²) in [6, 6.07) is 11.2. The van der Waals surface area contributed by atoms with Crippen molar-refractivity contribution in [3.63, 3.8) is 0 Å². The van der Waals surface area contributed by atoms with E-state index in [1.807, 2.05) is 6.07 Å². The van der Waals surface area contributed by atoms with E-state index in [0.29, 0.717) is 36.1 Å². The summed E-state index contributed by atoms with van der Waals surface area (Å²) in [5, 5.41) is 27.1. The molecule has 3 aromatic rings. The van der Waals surface area contributed by atoms with Gasteiger partial charge in [0.15, 0.2) is 5.82 Å². The van der Waals surface area contributed by atoms with Gasteiger partial charge < -0.3 is 16.0 Å². The number of nitrogens with one attached hydrogen (secondary N) is 4. The van der Waals surface area contributed by atoms with Gasteiger partial charge in [-0.2, -0.15) is 5.10 Å². The number of aromatic nitrogens is 2. The van der Waals surface area contributed by atoms with Crippen LogP contribution in [0, 0.1) is 17.0 Å². The number of aryl methyl sites for hydroxylation is 1. The van der Waals surface area contributed by atoms with Crippen molar-refractivity contribution in [2.24, 2.45) is 0 Å². The molecular weight excluding hydrogens is 376 g/mol. The van der Waals surface area contributed by atoms with E-state index in [1.165, 1.54) is 12.1 Å². The molecule has 0 fully saturated rings. The van der Waals surface area contributed by atoms with E-state index >= 15 is 0 Å². The predicted molar refractivity (Wildman–Crippen MR) is 110 cm³/mol. The van der Waals surface area contributed by atoms with Gasteiger partial charge >= 0.3 is 6.03 Å². The van der Waals surface area contributed by atoms with Crippen LogP contribution in [0.5, 0.6) is 0 Å². The van der Waals surface area contributed by atoms with Crippen molar-refractivity contribution in [1.29, 1.82) is 0 Å². The van der Waals surface area contributed by atoms with E-state index in [-0.39, 0.29) is 16.9 Å². The molecule has 150 valence electrons. The Morgan fingerprint density at radius 1 is 1.17 bits per heavy atom. The molecule has 0 aliphatic heterocycles. The smallest absolute Gasteiger partial charge is 0.319 e. The number of rotatable bonds is 7. The second-order valence-electron chi connectivity index (χ2n) is 6.39. The van der Waals surface area contributed by atoms with Crippen LogP contribution in [-0.2, 0) is 0 Å². The number of nitro groups is 1. The lowest BCUT2D eigenvalue weighted by Gasteiger charge is -2.10. The third-order valence-electron chi connectivity index (χ3n) is 4.23. The lowest BCUT2D eigenvalue weighted by atomic mass is 10.2. The zero-order chi connectivity index (χ0) is 20.8. The van der Waals surface area contributed by atoms with Gasteiger partial charge in [0.1, 0.15) is 5.69 Å². The minimum atomic E-state index is -0.534. The Morgan fingerprint density at radius 3 is 2.69 bits per heavy atom. The number of hydrogen-bond donors (Lipinski definition) is 4. The number of carbonyl (C=O) groups excluding carboxylic acids is 1. The summed E-state index contributed by atoms with van der Waals surface area (Å²) in [5.74, 6) is 0.555. The molecule has 29 heavy (non-hydrogen) atoms. The number of H-pyrrole nitrogens is 1. The van der Waals surface area contributed by atoms with Gasteiger partial charge in [0.05, 0.1) is 10.3 Å². The average Bonchev–Trinajstić information content (AvgIpc) is 2.70. The second-order valence-corrected chi connectivity index (χ2v) is 6.39.